The molecule has 0 unspecified atom stereocenters. The fourth-order valence-corrected chi connectivity index (χ4v) is 2.20. The molecule has 0 atom stereocenters. The minimum absolute atomic E-state index is 0.639. The molecule has 0 aromatic carbocycles. The van der Waals surface area contributed by atoms with E-state index in [1.54, 1.807) is 0 Å². The van der Waals surface area contributed by atoms with Gasteiger partial charge in [0.1, 0.15) is 5.65 Å². The van der Waals surface area contributed by atoms with E-state index < -0.39 is 0 Å². The first-order valence-corrected chi connectivity index (χ1v) is 6.79. The maximum atomic E-state index is 4.64. The van der Waals surface area contributed by atoms with Crippen LogP contribution in [-0.2, 0) is 13.1 Å². The van der Waals surface area contributed by atoms with Crippen LogP contribution in [0.1, 0.15) is 23.9 Å². The lowest BCUT2D eigenvalue weighted by Gasteiger charge is -1.95. The smallest absolute Gasteiger partial charge is 0.140 e. The van der Waals surface area contributed by atoms with Crippen LogP contribution in [0.25, 0.3) is 5.65 Å². The Kier molecular flexibility index (Phi) is 3.47. The molecule has 3 rings (SSSR count). The summed E-state index contributed by atoms with van der Waals surface area (Å²) in [5.41, 5.74) is 4.10. The maximum Gasteiger partial charge on any atom is 0.140 e. The summed E-state index contributed by atoms with van der Waals surface area (Å²) in [7, 11) is 0. The fourth-order valence-electron chi connectivity index (χ4n) is 2.20. The second-order valence-corrected chi connectivity index (χ2v) is 4.84. The van der Waals surface area contributed by atoms with Crippen molar-refractivity contribution in [2.24, 2.45) is 0 Å². The molecule has 6 nitrogen and oxygen atoms in total. The minimum atomic E-state index is 0.639. The molecule has 0 saturated carbocycles. The molecule has 3 heterocycles. The molecule has 3 aromatic heterocycles. The van der Waals surface area contributed by atoms with Crippen LogP contribution >= 0.6 is 0 Å². The van der Waals surface area contributed by atoms with Gasteiger partial charge in [0.05, 0.1) is 24.1 Å². The second-order valence-electron chi connectivity index (χ2n) is 4.84. The first-order chi connectivity index (χ1) is 9.76. The van der Waals surface area contributed by atoms with Crippen LogP contribution < -0.4 is 5.32 Å². The highest BCUT2D eigenvalue weighted by Gasteiger charge is 2.06. The van der Waals surface area contributed by atoms with Gasteiger partial charge in [-0.3, -0.25) is 0 Å². The molecule has 0 aliphatic heterocycles. The lowest BCUT2D eigenvalue weighted by Crippen LogP contribution is -2.11. The van der Waals surface area contributed by atoms with E-state index in [2.05, 4.69) is 40.5 Å². The van der Waals surface area contributed by atoms with Crippen LogP contribution in [0.2, 0.25) is 0 Å². The number of aromatic nitrogens is 5. The number of nitrogens with zero attached hydrogens (tertiary/aromatic N) is 5. The average Bonchev–Trinajstić information content (AvgIpc) is 3.04. The number of hydrogen-bond acceptors (Lipinski definition) is 4. The fraction of sp³-hybridized carbons (Fsp3) is 0.357. The van der Waals surface area contributed by atoms with Crippen molar-refractivity contribution in [2.75, 3.05) is 6.54 Å². The molecule has 20 heavy (non-hydrogen) atoms. The van der Waals surface area contributed by atoms with Gasteiger partial charge in [0.25, 0.3) is 0 Å². The summed E-state index contributed by atoms with van der Waals surface area (Å²) in [5, 5.41) is 11.5. The van der Waals surface area contributed by atoms with Crippen molar-refractivity contribution in [3.8, 4) is 0 Å². The highest BCUT2D eigenvalue weighted by Crippen LogP contribution is 2.10. The van der Waals surface area contributed by atoms with Crippen LogP contribution in [0.3, 0.4) is 0 Å². The van der Waals surface area contributed by atoms with Crippen molar-refractivity contribution >= 4 is 5.65 Å². The van der Waals surface area contributed by atoms with Crippen molar-refractivity contribution in [1.29, 1.82) is 0 Å². The summed E-state index contributed by atoms with van der Waals surface area (Å²) < 4.78 is 3.87. The molecule has 0 bridgehead atoms. The Labute approximate surface area is 117 Å². The van der Waals surface area contributed by atoms with Gasteiger partial charge in [-0.1, -0.05) is 18.2 Å². The van der Waals surface area contributed by atoms with Crippen molar-refractivity contribution < 1.29 is 0 Å². The van der Waals surface area contributed by atoms with Gasteiger partial charge in [0.2, 0.25) is 0 Å². The lowest BCUT2D eigenvalue weighted by atomic mass is 10.3. The molecule has 0 amide bonds. The normalized spacial score (nSPS) is 11.3. The molecule has 0 aliphatic rings. The van der Waals surface area contributed by atoms with Crippen molar-refractivity contribution in [2.45, 2.75) is 26.9 Å². The predicted molar refractivity (Wildman–Crippen MR) is 76.4 cm³/mol. The molecule has 6 heteroatoms. The third kappa shape index (κ3) is 2.55. The average molecular weight is 270 g/mol. The molecule has 0 saturated heterocycles. The van der Waals surface area contributed by atoms with Crippen LogP contribution in [0.5, 0.6) is 0 Å². The summed E-state index contributed by atoms with van der Waals surface area (Å²) >= 11 is 0. The van der Waals surface area contributed by atoms with Gasteiger partial charge in [0.15, 0.2) is 0 Å². The van der Waals surface area contributed by atoms with E-state index in [9.17, 15) is 0 Å². The zero-order valence-electron chi connectivity index (χ0n) is 11.7. The van der Waals surface area contributed by atoms with Crippen LogP contribution in [0, 0.1) is 6.92 Å². The Bertz CT molecular complexity index is 711. The maximum absolute atomic E-state index is 4.64. The summed E-state index contributed by atoms with van der Waals surface area (Å²) in [6, 6.07) is 4.09. The van der Waals surface area contributed by atoms with Crippen molar-refractivity contribution in [3.63, 3.8) is 0 Å². The highest BCUT2D eigenvalue weighted by atomic mass is 15.4. The number of nitrogens with one attached hydrogen (secondary N) is 1. The van der Waals surface area contributed by atoms with Crippen LogP contribution in [0.4, 0.5) is 0 Å². The van der Waals surface area contributed by atoms with Crippen LogP contribution in [0.15, 0.2) is 30.7 Å². The standard InChI is InChI=1S/C14H18N6/c1-3-15-7-12-9-20(18-17-12)10-13-8-19-6-4-5-11(2)14(19)16-13/h4-6,8-9,15H,3,7,10H2,1-2H3. The number of aryl methyl sites for hydroxylation is 1. The Hall–Kier alpha value is -2.21. The van der Waals surface area contributed by atoms with Gasteiger partial charge < -0.3 is 9.72 Å². The van der Waals surface area contributed by atoms with Crippen molar-refractivity contribution in [1.82, 2.24) is 29.7 Å². The van der Waals surface area contributed by atoms with Gasteiger partial charge in [-0.25, -0.2) is 9.67 Å². The quantitative estimate of drug-likeness (QED) is 0.761. The predicted octanol–water partition coefficient (Wildman–Crippen LogP) is 1.39. The van der Waals surface area contributed by atoms with Crippen molar-refractivity contribution in [3.05, 3.63) is 47.7 Å². The monoisotopic (exact) mass is 270 g/mol. The number of pyridine rings is 1. The number of imidazole rings is 1. The second kappa shape index (κ2) is 5.42. The highest BCUT2D eigenvalue weighted by molar-refractivity contribution is 5.47. The number of hydrogen-bond donors (Lipinski definition) is 1. The summed E-state index contributed by atoms with van der Waals surface area (Å²) in [5.74, 6) is 0. The molecular formula is C14H18N6. The third-order valence-electron chi connectivity index (χ3n) is 3.19. The molecule has 0 aliphatic carbocycles. The third-order valence-corrected chi connectivity index (χ3v) is 3.19. The van der Waals surface area contributed by atoms with Gasteiger partial charge in [-0.05, 0) is 25.1 Å². The SMILES string of the molecule is CCNCc1cn(Cc2cn3cccc(C)c3n2)nn1. The molecule has 0 radical (unpaired) electrons. The van der Waals surface area contributed by atoms with Crippen LogP contribution in [-0.4, -0.2) is 30.9 Å². The minimum Gasteiger partial charge on any atom is -0.311 e. The number of fused-ring (bicyclic) bond motifs is 1. The van der Waals surface area contributed by atoms with E-state index in [-0.39, 0.29) is 0 Å². The molecule has 0 fully saturated rings. The molecule has 1 N–H and O–H groups in total. The van der Waals surface area contributed by atoms with Gasteiger partial charge >= 0.3 is 0 Å². The zero-order chi connectivity index (χ0) is 13.9. The van der Waals surface area contributed by atoms with Gasteiger partial charge in [-0.15, -0.1) is 5.10 Å². The number of rotatable bonds is 5. The van der Waals surface area contributed by atoms with E-state index in [4.69, 9.17) is 0 Å². The van der Waals surface area contributed by atoms with E-state index in [0.717, 1.165) is 30.1 Å². The Morgan fingerprint density at radius 1 is 1.25 bits per heavy atom. The Morgan fingerprint density at radius 3 is 2.95 bits per heavy atom. The van der Waals surface area contributed by atoms with E-state index in [1.807, 2.05) is 33.7 Å². The van der Waals surface area contributed by atoms with Gasteiger partial charge in [-0.2, -0.15) is 0 Å². The summed E-state index contributed by atoms with van der Waals surface area (Å²) in [6.07, 6.45) is 6.00. The first kappa shape index (κ1) is 12.8. The molecular weight excluding hydrogens is 252 g/mol. The van der Waals surface area contributed by atoms with E-state index >= 15 is 0 Å². The first-order valence-electron chi connectivity index (χ1n) is 6.79. The zero-order valence-corrected chi connectivity index (χ0v) is 11.7. The molecule has 0 spiro atoms. The van der Waals surface area contributed by atoms with E-state index in [0.29, 0.717) is 6.54 Å². The largest absolute Gasteiger partial charge is 0.311 e. The topological polar surface area (TPSA) is 60.0 Å². The molecule has 3 aromatic rings. The summed E-state index contributed by atoms with van der Waals surface area (Å²) in [4.78, 5) is 4.64. The Morgan fingerprint density at radius 2 is 2.15 bits per heavy atom. The van der Waals surface area contributed by atoms with E-state index in [1.165, 1.54) is 5.56 Å². The molecule has 104 valence electrons. The lowest BCUT2D eigenvalue weighted by molar-refractivity contribution is 0.639. The van der Waals surface area contributed by atoms with Gasteiger partial charge in [0, 0.05) is 18.9 Å². The summed E-state index contributed by atoms with van der Waals surface area (Å²) in [6.45, 7) is 6.46. The Balaban J connectivity index is 1.79.